The van der Waals surface area contributed by atoms with Gasteiger partial charge in [-0.2, -0.15) is 0 Å². The Morgan fingerprint density at radius 1 is 0.221 bits per heavy atom. The van der Waals surface area contributed by atoms with Gasteiger partial charge in [-0.15, -0.1) is 0 Å². The van der Waals surface area contributed by atoms with Gasteiger partial charge >= 0.3 is 7.12 Å². The summed E-state index contributed by atoms with van der Waals surface area (Å²) < 4.78 is 44.0. The van der Waals surface area contributed by atoms with Gasteiger partial charge in [0.2, 0.25) is 0 Å². The molecule has 9 heterocycles. The van der Waals surface area contributed by atoms with Crippen LogP contribution in [0, 0.1) is 0 Å². The van der Waals surface area contributed by atoms with Crippen molar-refractivity contribution in [3.05, 3.63) is 417 Å². The molecule has 1 aliphatic heterocycles. The molecule has 0 bridgehead atoms. The van der Waals surface area contributed by atoms with Crippen LogP contribution < -0.4 is 5.46 Å². The number of nitrogens with zero attached hydrogens (tertiary/aromatic N) is 8. The largest absolute Gasteiger partial charge is 0.494 e. The zero-order valence-electron chi connectivity index (χ0n) is 74.2. The first-order valence-corrected chi connectivity index (χ1v) is 46.3. The summed E-state index contributed by atoms with van der Waals surface area (Å²) in [4.78, 5) is 29.9. The molecule has 8 aromatic heterocycles. The molecule has 0 spiro atoms. The Balaban J connectivity index is 0.000000116. The van der Waals surface area contributed by atoms with Crippen molar-refractivity contribution in [3.63, 3.8) is 0 Å². The lowest BCUT2D eigenvalue weighted by molar-refractivity contribution is 0.00578. The van der Waals surface area contributed by atoms with Crippen molar-refractivity contribution in [2.24, 2.45) is 0 Å². The standard InChI is InChI=1S/C57H34N4O2.C33H28BN3O3.C30H18BrNO/c1-4-14-35(15-5-1)38-26-29-48-44(32-38)42-20-10-11-23-47(42)61(48)40-28-31-50-46(34-40)53-41(21-12-24-51(53)63-50)39-27-30-49-45(33-39)54-43(22-13-25-52(54)62-49)57-59-55(36-16-6-2-7-17-36)58-56(60-57)37-18-8-3-9-19-37;1-32(2)33(3,4)40-34(39-32)23-18-19-26-25(20-23)28-24(16-11-17-27(28)38-26)31-36-29(21-12-7-5-8-13-21)35-30(37-31)22-14-9-6-10-15-22;31-25-10-6-12-29-30(25)24-18-21(14-16-28(24)33-29)32-26-11-5-4-9-22(26)23-17-20(13-15-27(23)32)19-7-2-1-3-8-19/h1-34H;5-20H,1-4H3;1-18H. The first kappa shape index (κ1) is 81.3. The smallest absolute Gasteiger partial charge is 0.456 e. The molecular formula is C120H80BBrN8O6. The van der Waals surface area contributed by atoms with Crippen molar-refractivity contribution >= 4 is 160 Å². The number of benzene rings is 18. The Bertz CT molecular complexity index is 9080. The number of rotatable bonds is 12. The molecule has 27 rings (SSSR count). The summed E-state index contributed by atoms with van der Waals surface area (Å²) in [6.45, 7) is 8.25. The van der Waals surface area contributed by atoms with Gasteiger partial charge in [0, 0.05) is 114 Å². The van der Waals surface area contributed by atoms with Crippen molar-refractivity contribution in [1.29, 1.82) is 0 Å². The molecule has 26 aromatic rings. The summed E-state index contributed by atoms with van der Waals surface area (Å²) in [6, 6.07) is 142. The summed E-state index contributed by atoms with van der Waals surface area (Å²) in [5.41, 5.74) is 26.0. The third-order valence-electron chi connectivity index (χ3n) is 26.7. The minimum atomic E-state index is -0.474. The van der Waals surface area contributed by atoms with Crippen LogP contribution in [0.3, 0.4) is 0 Å². The predicted octanol–water partition coefficient (Wildman–Crippen LogP) is 31.3. The minimum Gasteiger partial charge on any atom is -0.456 e. The number of hydrogen-bond acceptors (Lipinski definition) is 12. The first-order chi connectivity index (χ1) is 66.8. The highest BCUT2D eigenvalue weighted by atomic mass is 79.9. The van der Waals surface area contributed by atoms with E-state index in [1.807, 2.05) is 176 Å². The molecule has 16 heteroatoms. The van der Waals surface area contributed by atoms with E-state index in [0.29, 0.717) is 34.9 Å². The van der Waals surface area contributed by atoms with E-state index < -0.39 is 18.3 Å². The van der Waals surface area contributed by atoms with Crippen molar-refractivity contribution in [3.8, 4) is 113 Å². The van der Waals surface area contributed by atoms with Crippen LogP contribution in [0.5, 0.6) is 0 Å². The minimum absolute atomic E-state index is 0.428. The van der Waals surface area contributed by atoms with Crippen LogP contribution in [0.25, 0.3) is 244 Å². The van der Waals surface area contributed by atoms with Gasteiger partial charge in [-0.1, -0.05) is 307 Å². The van der Waals surface area contributed by atoms with Crippen LogP contribution in [-0.4, -0.2) is 57.4 Å². The molecule has 646 valence electrons. The highest BCUT2D eigenvalue weighted by Gasteiger charge is 2.52. The van der Waals surface area contributed by atoms with Gasteiger partial charge < -0.3 is 36.1 Å². The van der Waals surface area contributed by atoms with Gasteiger partial charge in [-0.05, 0) is 188 Å². The van der Waals surface area contributed by atoms with Crippen LogP contribution in [0.2, 0.25) is 0 Å². The Kier molecular flexibility index (Phi) is 19.7. The summed E-state index contributed by atoms with van der Waals surface area (Å²) in [5, 5.41) is 13.1. The fourth-order valence-corrected chi connectivity index (χ4v) is 20.0. The third-order valence-corrected chi connectivity index (χ3v) is 27.4. The zero-order valence-corrected chi connectivity index (χ0v) is 75.8. The third kappa shape index (κ3) is 14.2. The molecule has 0 amide bonds. The second-order valence-corrected chi connectivity index (χ2v) is 36.3. The summed E-state index contributed by atoms with van der Waals surface area (Å²) in [5.74, 6) is 3.63. The molecule has 0 atom stereocenters. The van der Waals surface area contributed by atoms with Crippen molar-refractivity contribution in [2.45, 2.75) is 38.9 Å². The normalized spacial score (nSPS) is 13.1. The molecule has 18 aromatic carbocycles. The van der Waals surface area contributed by atoms with E-state index in [1.54, 1.807) is 0 Å². The van der Waals surface area contributed by atoms with E-state index in [4.69, 9.17) is 56.9 Å². The first-order valence-electron chi connectivity index (χ1n) is 45.5. The van der Waals surface area contributed by atoms with Crippen LogP contribution in [0.4, 0.5) is 0 Å². The SMILES string of the molecule is Brc1cccc2oc3ccc(-n4c5ccccc5c5cc(-c6ccccc6)ccc54)cc3c12.CC1(C)OB(c2ccc3oc4cccc(-c5nc(-c6ccccc6)nc(-c6ccccc6)n5)c4c3c2)OC1(C)C.c1ccc(-c2ccc3c(c2)c2ccccc2n3-c2ccc3oc4cccc(-c5ccc6oc7cccc(-c8nc(-c9ccccc9)nc(-c9ccccc9)n8)c7c6c5)c4c3c2)cc1. The summed E-state index contributed by atoms with van der Waals surface area (Å²) >= 11 is 3.71. The molecule has 0 unspecified atom stereocenters. The molecule has 14 nitrogen and oxygen atoms in total. The Morgan fingerprint density at radius 3 is 0.956 bits per heavy atom. The van der Waals surface area contributed by atoms with Gasteiger partial charge in [-0.25, -0.2) is 29.9 Å². The van der Waals surface area contributed by atoms with E-state index in [9.17, 15) is 0 Å². The van der Waals surface area contributed by atoms with Gasteiger partial charge in [-0.3, -0.25) is 0 Å². The van der Waals surface area contributed by atoms with E-state index >= 15 is 0 Å². The fourth-order valence-electron chi connectivity index (χ4n) is 19.4. The van der Waals surface area contributed by atoms with Crippen LogP contribution in [0.15, 0.2) is 435 Å². The van der Waals surface area contributed by atoms with Gasteiger partial charge in [0.1, 0.15) is 44.7 Å². The number of fused-ring (bicyclic) bond motifs is 18. The lowest BCUT2D eigenvalue weighted by Gasteiger charge is -2.32. The maximum Gasteiger partial charge on any atom is 0.494 e. The lowest BCUT2D eigenvalue weighted by Crippen LogP contribution is -2.41. The molecule has 1 aliphatic rings. The highest BCUT2D eigenvalue weighted by molar-refractivity contribution is 9.10. The Labute approximate surface area is 789 Å². The summed E-state index contributed by atoms with van der Waals surface area (Å²) in [7, 11) is -0.474. The predicted molar refractivity (Wildman–Crippen MR) is 556 cm³/mol. The topological polar surface area (TPSA) is 158 Å². The molecule has 0 N–H and O–H groups in total. The number of halogens is 1. The van der Waals surface area contributed by atoms with E-state index in [0.717, 1.165) is 165 Å². The quantitative estimate of drug-likeness (QED) is 0.107. The molecule has 0 aliphatic carbocycles. The summed E-state index contributed by atoms with van der Waals surface area (Å²) in [6.07, 6.45) is 0. The maximum absolute atomic E-state index is 6.59. The van der Waals surface area contributed by atoms with Gasteiger partial charge in [0.05, 0.1) is 33.3 Å². The van der Waals surface area contributed by atoms with E-state index in [-0.39, 0.29) is 0 Å². The number of aromatic nitrogens is 8. The van der Waals surface area contributed by atoms with Crippen molar-refractivity contribution in [2.75, 3.05) is 0 Å². The molecular weight excluding hydrogens is 1740 g/mol. The number of para-hydroxylation sites is 2. The molecule has 0 radical (unpaired) electrons. The zero-order chi connectivity index (χ0) is 90.9. The average molecular weight is 1820 g/mol. The fraction of sp³-hybridized carbons (Fsp3) is 0.0500. The van der Waals surface area contributed by atoms with Crippen molar-refractivity contribution in [1.82, 2.24) is 39.0 Å². The van der Waals surface area contributed by atoms with E-state index in [2.05, 4.69) is 289 Å². The van der Waals surface area contributed by atoms with Crippen LogP contribution in [0.1, 0.15) is 27.7 Å². The van der Waals surface area contributed by atoms with Gasteiger partial charge in [0.15, 0.2) is 34.9 Å². The van der Waals surface area contributed by atoms with Crippen molar-refractivity contribution < 1.29 is 27.0 Å². The van der Waals surface area contributed by atoms with E-state index in [1.165, 1.54) is 54.8 Å². The maximum atomic E-state index is 6.59. The second-order valence-electron chi connectivity index (χ2n) is 35.5. The molecule has 1 saturated heterocycles. The Morgan fingerprint density at radius 2 is 0.529 bits per heavy atom. The molecule has 1 fully saturated rings. The second kappa shape index (κ2) is 32.9. The lowest BCUT2D eigenvalue weighted by atomic mass is 9.78. The number of hydrogen-bond donors (Lipinski definition) is 0. The number of furan rings is 4. The van der Waals surface area contributed by atoms with Gasteiger partial charge in [0.25, 0.3) is 0 Å². The average Bonchev–Trinajstić information content (AvgIpc) is 1.59. The Hall–Kier alpha value is -16.8. The molecule has 0 saturated carbocycles. The highest BCUT2D eigenvalue weighted by Crippen LogP contribution is 2.47. The monoisotopic (exact) mass is 1820 g/mol. The van der Waals surface area contributed by atoms with Crippen LogP contribution in [-0.2, 0) is 9.31 Å². The van der Waals surface area contributed by atoms with Crippen LogP contribution >= 0.6 is 15.9 Å². The molecule has 136 heavy (non-hydrogen) atoms.